The van der Waals surface area contributed by atoms with Crippen LogP contribution in [0.25, 0.3) is 0 Å². The molecular weight excluding hydrogens is 112 g/mol. The molecule has 0 aliphatic rings. The van der Waals surface area contributed by atoms with Gasteiger partial charge in [0.15, 0.2) is 0 Å². The molecule has 0 aliphatic carbocycles. The van der Waals surface area contributed by atoms with Gasteiger partial charge in [-0.1, -0.05) is 26.0 Å². The second kappa shape index (κ2) is 3.02. The van der Waals surface area contributed by atoms with E-state index in [1.54, 1.807) is 13.8 Å². The first-order valence-electron chi connectivity index (χ1n) is 3.33. The van der Waals surface area contributed by atoms with Gasteiger partial charge in [-0.25, -0.2) is 0 Å². The number of hydrogen-bond donors (Lipinski definition) is 1. The van der Waals surface area contributed by atoms with Crippen LogP contribution in [-0.4, -0.2) is 10.7 Å². The van der Waals surface area contributed by atoms with Crippen molar-refractivity contribution >= 4 is 0 Å². The monoisotopic (exact) mass is 128 g/mol. The van der Waals surface area contributed by atoms with E-state index in [1.165, 1.54) is 0 Å². The predicted molar refractivity (Wildman–Crippen MR) is 40.3 cm³/mol. The van der Waals surface area contributed by atoms with E-state index >= 15 is 0 Å². The van der Waals surface area contributed by atoms with Crippen molar-refractivity contribution in [2.45, 2.75) is 33.3 Å². The lowest BCUT2D eigenvalue weighted by Gasteiger charge is -2.10. The number of hydrogen-bond acceptors (Lipinski definition) is 1. The van der Waals surface area contributed by atoms with Gasteiger partial charge in [0, 0.05) is 0 Å². The van der Waals surface area contributed by atoms with Crippen molar-refractivity contribution in [3.63, 3.8) is 0 Å². The van der Waals surface area contributed by atoms with Crippen LogP contribution in [0.4, 0.5) is 0 Å². The van der Waals surface area contributed by atoms with E-state index in [1.807, 2.05) is 12.2 Å². The van der Waals surface area contributed by atoms with E-state index in [4.69, 9.17) is 0 Å². The maximum Gasteiger partial charge on any atom is 0.0771 e. The summed E-state index contributed by atoms with van der Waals surface area (Å²) in [5.41, 5.74) is -0.649. The van der Waals surface area contributed by atoms with E-state index in [-0.39, 0.29) is 0 Å². The molecule has 0 radical (unpaired) electrons. The lowest BCUT2D eigenvalue weighted by Crippen LogP contribution is -2.13. The van der Waals surface area contributed by atoms with Gasteiger partial charge < -0.3 is 5.11 Å². The first-order valence-corrected chi connectivity index (χ1v) is 3.33. The van der Waals surface area contributed by atoms with Gasteiger partial charge in [0.2, 0.25) is 0 Å². The number of rotatable bonds is 2. The Morgan fingerprint density at radius 1 is 1.33 bits per heavy atom. The first kappa shape index (κ1) is 8.70. The molecule has 0 rings (SSSR count). The molecule has 0 atom stereocenters. The SMILES string of the molecule is CC(C)/C=C\C(C)(C)O. The Morgan fingerprint density at radius 2 is 1.78 bits per heavy atom. The summed E-state index contributed by atoms with van der Waals surface area (Å²) in [7, 11) is 0. The van der Waals surface area contributed by atoms with Crippen molar-refractivity contribution in [3.05, 3.63) is 12.2 Å². The van der Waals surface area contributed by atoms with Crippen molar-refractivity contribution in [1.29, 1.82) is 0 Å². The van der Waals surface area contributed by atoms with Crippen LogP contribution in [0.2, 0.25) is 0 Å². The van der Waals surface area contributed by atoms with Gasteiger partial charge in [-0.2, -0.15) is 0 Å². The van der Waals surface area contributed by atoms with Gasteiger partial charge in [0.1, 0.15) is 0 Å². The van der Waals surface area contributed by atoms with Crippen molar-refractivity contribution in [2.75, 3.05) is 0 Å². The summed E-state index contributed by atoms with van der Waals surface area (Å²) >= 11 is 0. The zero-order valence-electron chi connectivity index (χ0n) is 6.68. The van der Waals surface area contributed by atoms with Crippen LogP contribution in [0, 0.1) is 5.92 Å². The summed E-state index contributed by atoms with van der Waals surface area (Å²) in [6, 6.07) is 0. The van der Waals surface area contributed by atoms with E-state index in [2.05, 4.69) is 13.8 Å². The molecule has 0 unspecified atom stereocenters. The molecule has 0 aromatic rings. The van der Waals surface area contributed by atoms with Crippen LogP contribution >= 0.6 is 0 Å². The molecule has 0 fully saturated rings. The Morgan fingerprint density at radius 3 is 1.89 bits per heavy atom. The molecule has 1 heteroatoms. The van der Waals surface area contributed by atoms with Crippen molar-refractivity contribution < 1.29 is 5.11 Å². The van der Waals surface area contributed by atoms with Gasteiger partial charge in [0.25, 0.3) is 0 Å². The van der Waals surface area contributed by atoms with Gasteiger partial charge in [-0.05, 0) is 19.8 Å². The van der Waals surface area contributed by atoms with Crippen molar-refractivity contribution in [1.82, 2.24) is 0 Å². The number of aliphatic hydroxyl groups is 1. The number of allylic oxidation sites excluding steroid dienone is 1. The first-order chi connectivity index (χ1) is 3.92. The minimum absolute atomic E-state index is 0.524. The summed E-state index contributed by atoms with van der Waals surface area (Å²) in [4.78, 5) is 0. The molecule has 0 bridgehead atoms. The maximum absolute atomic E-state index is 9.18. The normalized spacial score (nSPS) is 13.6. The van der Waals surface area contributed by atoms with Gasteiger partial charge in [-0.3, -0.25) is 0 Å². The zero-order chi connectivity index (χ0) is 7.49. The highest BCUT2D eigenvalue weighted by Crippen LogP contribution is 2.05. The predicted octanol–water partition coefficient (Wildman–Crippen LogP) is 1.97. The third-order valence-corrected chi connectivity index (χ3v) is 0.889. The zero-order valence-corrected chi connectivity index (χ0v) is 6.68. The average molecular weight is 128 g/mol. The fourth-order valence-corrected chi connectivity index (χ4v) is 0.428. The van der Waals surface area contributed by atoms with Crippen LogP contribution in [0.3, 0.4) is 0 Å². The van der Waals surface area contributed by atoms with Crippen LogP contribution in [0.5, 0.6) is 0 Å². The smallest absolute Gasteiger partial charge is 0.0771 e. The minimum Gasteiger partial charge on any atom is -0.386 e. The van der Waals surface area contributed by atoms with E-state index < -0.39 is 5.60 Å². The Kier molecular flexibility index (Phi) is 2.92. The van der Waals surface area contributed by atoms with Gasteiger partial charge in [0.05, 0.1) is 5.60 Å². The van der Waals surface area contributed by atoms with Gasteiger partial charge in [-0.15, -0.1) is 0 Å². The summed E-state index contributed by atoms with van der Waals surface area (Å²) < 4.78 is 0. The Hall–Kier alpha value is -0.300. The molecule has 0 saturated heterocycles. The lowest BCUT2D eigenvalue weighted by molar-refractivity contribution is 0.132. The molecule has 9 heavy (non-hydrogen) atoms. The fraction of sp³-hybridized carbons (Fsp3) is 0.750. The molecule has 1 nitrogen and oxygen atoms in total. The molecule has 54 valence electrons. The van der Waals surface area contributed by atoms with Crippen molar-refractivity contribution in [2.24, 2.45) is 5.92 Å². The van der Waals surface area contributed by atoms with E-state index in [9.17, 15) is 5.11 Å². The third-order valence-electron chi connectivity index (χ3n) is 0.889. The fourth-order valence-electron chi connectivity index (χ4n) is 0.428. The summed E-state index contributed by atoms with van der Waals surface area (Å²) in [5, 5.41) is 9.18. The molecule has 1 N–H and O–H groups in total. The summed E-state index contributed by atoms with van der Waals surface area (Å²) in [6.45, 7) is 7.71. The molecular formula is C8H16O. The summed E-state index contributed by atoms with van der Waals surface area (Å²) in [6.07, 6.45) is 3.82. The molecule has 0 heterocycles. The Labute approximate surface area is 57.4 Å². The second-order valence-electron chi connectivity index (χ2n) is 3.26. The van der Waals surface area contributed by atoms with Crippen LogP contribution < -0.4 is 0 Å². The highest BCUT2D eigenvalue weighted by molar-refractivity contribution is 4.96. The standard InChI is InChI=1S/C8H16O/c1-7(2)5-6-8(3,4)9/h5-7,9H,1-4H3/b6-5-. The highest BCUT2D eigenvalue weighted by atomic mass is 16.3. The van der Waals surface area contributed by atoms with E-state index in [0.717, 1.165) is 0 Å². The highest BCUT2D eigenvalue weighted by Gasteiger charge is 2.05. The van der Waals surface area contributed by atoms with Gasteiger partial charge >= 0.3 is 0 Å². The minimum atomic E-state index is -0.649. The molecule has 0 aromatic carbocycles. The van der Waals surface area contributed by atoms with E-state index in [0.29, 0.717) is 5.92 Å². The van der Waals surface area contributed by atoms with Crippen LogP contribution in [-0.2, 0) is 0 Å². The van der Waals surface area contributed by atoms with Crippen molar-refractivity contribution in [3.8, 4) is 0 Å². The topological polar surface area (TPSA) is 20.2 Å². The third kappa shape index (κ3) is 7.70. The molecule has 0 amide bonds. The second-order valence-corrected chi connectivity index (χ2v) is 3.26. The lowest BCUT2D eigenvalue weighted by atomic mass is 10.1. The quantitative estimate of drug-likeness (QED) is 0.564. The van der Waals surface area contributed by atoms with Crippen LogP contribution in [0.15, 0.2) is 12.2 Å². The Balaban J connectivity index is 3.71. The maximum atomic E-state index is 9.18. The van der Waals surface area contributed by atoms with Crippen LogP contribution in [0.1, 0.15) is 27.7 Å². The largest absolute Gasteiger partial charge is 0.386 e. The summed E-state index contributed by atoms with van der Waals surface area (Å²) in [5.74, 6) is 0.524. The molecule has 0 aliphatic heterocycles. The molecule has 0 saturated carbocycles. The Bertz CT molecular complexity index is 95.6. The molecule has 0 aromatic heterocycles. The average Bonchev–Trinajstić information content (AvgIpc) is 1.59. The molecule has 0 spiro atoms.